The zero-order valence-electron chi connectivity index (χ0n) is 23.3. The molecule has 0 N–H and O–H groups in total. The van der Waals surface area contributed by atoms with Crippen LogP contribution in [0.15, 0.2) is 97.1 Å². The van der Waals surface area contributed by atoms with Gasteiger partial charge < -0.3 is 22.3 Å². The quantitative estimate of drug-likeness (QED) is 0.185. The number of hydrogen-bond acceptors (Lipinski definition) is 3. The summed E-state index contributed by atoms with van der Waals surface area (Å²) in [6.45, 7) is -2.30. The predicted octanol–water partition coefficient (Wildman–Crippen LogP) is 9.65. The Morgan fingerprint density at radius 2 is 1.44 bits per heavy atom. The first kappa shape index (κ1) is 25.0. The molecule has 0 unspecified atom stereocenters. The molecule has 43 heavy (non-hydrogen) atoms. The average Bonchev–Trinajstić information content (AvgIpc) is 3.77. The topological polar surface area (TPSA) is 17.2 Å². The molecule has 9 rings (SSSR count). The molecule has 0 aliphatic carbocycles. The molecule has 0 saturated heterocycles. The predicted molar refractivity (Wildman–Crippen MR) is 177 cm³/mol. The maximum Gasteiger partial charge on any atom is 0.738 e. The normalized spacial score (nSPS) is 15.2. The first-order chi connectivity index (χ1) is 20.9. The number of thiophene rings is 2. The molecule has 2 aliphatic rings. The molecular weight excluding hydrogens is 577 g/mol. The van der Waals surface area contributed by atoms with E-state index in [9.17, 15) is 0 Å². The van der Waals surface area contributed by atoms with Crippen molar-refractivity contribution in [1.29, 1.82) is 0 Å². The molecule has 0 spiro atoms. The van der Waals surface area contributed by atoms with Crippen LogP contribution in [-0.4, -0.2) is 28.8 Å². The fourth-order valence-electron chi connectivity index (χ4n) is 6.79. The number of hydrogen-bond donors (Lipinski definition) is 0. The van der Waals surface area contributed by atoms with Crippen molar-refractivity contribution in [2.75, 3.05) is 7.11 Å². The van der Waals surface area contributed by atoms with Crippen molar-refractivity contribution >= 4 is 78.1 Å². The van der Waals surface area contributed by atoms with Crippen LogP contribution in [0.1, 0.15) is 27.3 Å². The smallest absolute Gasteiger partial charge is 0.497 e. The van der Waals surface area contributed by atoms with Crippen LogP contribution < -0.4 is 4.74 Å². The highest BCUT2D eigenvalue weighted by molar-refractivity contribution is 7.22. The number of benzene rings is 4. The minimum Gasteiger partial charge on any atom is -0.497 e. The first-order valence-corrected chi connectivity index (χ1v) is 15.8. The Bertz CT molecular complexity index is 2330. The summed E-state index contributed by atoms with van der Waals surface area (Å²) >= 11 is 3.10. The number of rotatable bonds is 3. The highest BCUT2D eigenvalue weighted by Crippen LogP contribution is 2.49. The summed E-state index contributed by atoms with van der Waals surface area (Å²) in [7, 11) is 1.61. The molecule has 7 aromatic rings. The van der Waals surface area contributed by atoms with Crippen molar-refractivity contribution in [1.82, 2.24) is 4.48 Å². The van der Waals surface area contributed by atoms with Gasteiger partial charge in [-0.05, 0) is 66.2 Å². The van der Waals surface area contributed by atoms with Gasteiger partial charge in [-0.15, -0.1) is 22.7 Å². The largest absolute Gasteiger partial charge is 0.738 e. The molecule has 0 radical (unpaired) electrons. The molecule has 0 amide bonds. The Hall–Kier alpha value is -4.53. The fourth-order valence-corrected chi connectivity index (χ4v) is 9.03. The lowest BCUT2D eigenvalue weighted by Gasteiger charge is -2.30. The van der Waals surface area contributed by atoms with Gasteiger partial charge in [0.15, 0.2) is 11.4 Å². The average molecular weight is 601 g/mol. The van der Waals surface area contributed by atoms with Gasteiger partial charge in [0.1, 0.15) is 5.75 Å². The Labute approximate surface area is 254 Å². The zero-order valence-corrected chi connectivity index (χ0v) is 24.9. The van der Waals surface area contributed by atoms with E-state index in [1.165, 1.54) is 8.96 Å². The van der Waals surface area contributed by atoms with Crippen LogP contribution in [-0.2, 0) is 0 Å². The summed E-state index contributed by atoms with van der Waals surface area (Å²) < 4.78 is 45.8. The molecule has 8 heteroatoms. The van der Waals surface area contributed by atoms with Crippen LogP contribution in [0.3, 0.4) is 0 Å². The van der Waals surface area contributed by atoms with E-state index >= 15 is 8.63 Å². The van der Waals surface area contributed by atoms with E-state index in [0.29, 0.717) is 28.5 Å². The Balaban J connectivity index is 1.41. The van der Waals surface area contributed by atoms with E-state index in [1.807, 2.05) is 97.9 Å². The summed E-state index contributed by atoms with van der Waals surface area (Å²) in [5.41, 5.74) is 4.73. The van der Waals surface area contributed by atoms with Crippen LogP contribution in [0.25, 0.3) is 53.3 Å². The molecule has 3 aromatic heterocycles. The third-order valence-electron chi connectivity index (χ3n) is 8.68. The SMILES string of the molecule is COc1ccc2c(c1)C(c1cc3ccccc3s1)=[N+]1C2=Cc2c3ccc(C)cc3c(-c3cc4ccccc4s3)n2[B-]1(F)F. The molecule has 4 aromatic carbocycles. The van der Waals surface area contributed by atoms with E-state index in [1.54, 1.807) is 29.8 Å². The van der Waals surface area contributed by atoms with Crippen LogP contribution in [0.5, 0.6) is 5.75 Å². The molecule has 2 aliphatic heterocycles. The maximum absolute atomic E-state index is 17.7. The van der Waals surface area contributed by atoms with Crippen molar-refractivity contribution in [2.24, 2.45) is 0 Å². The van der Waals surface area contributed by atoms with E-state index in [-0.39, 0.29) is 0 Å². The number of aryl methyl sites for hydroxylation is 1. The van der Waals surface area contributed by atoms with Gasteiger partial charge in [-0.3, -0.25) is 0 Å². The van der Waals surface area contributed by atoms with Crippen molar-refractivity contribution in [3.05, 3.63) is 124 Å². The van der Waals surface area contributed by atoms with Gasteiger partial charge >= 0.3 is 6.97 Å². The lowest BCUT2D eigenvalue weighted by molar-refractivity contribution is -0.316. The number of nitrogens with zero attached hydrogens (tertiary/aromatic N) is 2. The summed E-state index contributed by atoms with van der Waals surface area (Å²) in [4.78, 5) is 1.64. The molecule has 0 saturated carbocycles. The lowest BCUT2D eigenvalue weighted by Crippen LogP contribution is -2.50. The Morgan fingerprint density at radius 3 is 2.16 bits per heavy atom. The monoisotopic (exact) mass is 600 g/mol. The molecule has 5 heterocycles. The van der Waals surface area contributed by atoms with Gasteiger partial charge in [0, 0.05) is 42.5 Å². The minimum atomic E-state index is -4.31. The van der Waals surface area contributed by atoms with Crippen molar-refractivity contribution < 1.29 is 17.9 Å². The third kappa shape index (κ3) is 3.42. The standard InChI is InChI=1S/C35H23BF2N2OS2/c1-20-11-13-24-26(15-20)34(32-16-21-7-3-5-9-30(21)42-32)39-28(24)19-29-25-14-12-23(41-2)18-27(25)35(40(29)36(39,37)38)33-17-22-8-4-6-10-31(22)43-33/h3-19H,1-2H3. The van der Waals surface area contributed by atoms with Crippen molar-refractivity contribution in [3.63, 3.8) is 0 Å². The number of fused-ring (bicyclic) bond motifs is 8. The molecule has 0 atom stereocenters. The number of ether oxygens (including phenoxy) is 1. The van der Waals surface area contributed by atoms with Gasteiger partial charge in [0.2, 0.25) is 0 Å². The van der Waals surface area contributed by atoms with E-state index in [0.717, 1.165) is 57.4 Å². The van der Waals surface area contributed by atoms with Gasteiger partial charge in [0.25, 0.3) is 0 Å². The molecule has 0 fully saturated rings. The van der Waals surface area contributed by atoms with E-state index in [2.05, 4.69) is 12.1 Å². The van der Waals surface area contributed by atoms with Crippen molar-refractivity contribution in [2.45, 2.75) is 6.92 Å². The maximum atomic E-state index is 17.7. The van der Waals surface area contributed by atoms with E-state index in [4.69, 9.17) is 4.74 Å². The molecule has 208 valence electrons. The summed E-state index contributed by atoms with van der Waals surface area (Å²) in [6.07, 6.45) is 1.96. The summed E-state index contributed by atoms with van der Waals surface area (Å²) in [6, 6.07) is 31.9. The first-order valence-electron chi connectivity index (χ1n) is 14.1. The second-order valence-corrected chi connectivity index (χ2v) is 13.4. The highest BCUT2D eigenvalue weighted by atomic mass is 32.1. The summed E-state index contributed by atoms with van der Waals surface area (Å²) in [5, 5.41) is 3.77. The van der Waals surface area contributed by atoms with Crippen LogP contribution in [0, 0.1) is 6.92 Å². The molecule has 3 nitrogen and oxygen atoms in total. The highest BCUT2D eigenvalue weighted by Gasteiger charge is 2.56. The van der Waals surface area contributed by atoms with Crippen LogP contribution >= 0.6 is 22.7 Å². The summed E-state index contributed by atoms with van der Waals surface area (Å²) in [5.74, 6) is 0.639. The van der Waals surface area contributed by atoms with E-state index < -0.39 is 6.97 Å². The second kappa shape index (κ2) is 8.75. The lowest BCUT2D eigenvalue weighted by atomic mass is 9.89. The number of halogens is 2. The van der Waals surface area contributed by atoms with Crippen LogP contribution in [0.4, 0.5) is 8.63 Å². The van der Waals surface area contributed by atoms with Gasteiger partial charge in [0.05, 0.1) is 23.1 Å². The van der Waals surface area contributed by atoms with Gasteiger partial charge in [-0.25, -0.2) is 0 Å². The van der Waals surface area contributed by atoms with Gasteiger partial charge in [-0.1, -0.05) is 54.1 Å². The van der Waals surface area contributed by atoms with Gasteiger partial charge in [-0.2, -0.15) is 0 Å². The third-order valence-corrected chi connectivity index (χ3v) is 10.9. The molecule has 0 bridgehead atoms. The Kier molecular flexibility index (Phi) is 5.09. The van der Waals surface area contributed by atoms with Crippen LogP contribution in [0.2, 0.25) is 0 Å². The number of methoxy groups -OCH3 is 1. The second-order valence-electron chi connectivity index (χ2n) is 11.2. The van der Waals surface area contributed by atoms with Crippen molar-refractivity contribution in [3.8, 4) is 16.3 Å². The number of aromatic nitrogens is 1. The fraction of sp³-hybridized carbons (Fsp3) is 0.0571. The molecular formula is C35H23BF2N2OS2. The zero-order chi connectivity index (χ0) is 29.0. The minimum absolute atomic E-state index is 0.519. The Morgan fingerprint density at radius 1 is 0.744 bits per heavy atom.